The van der Waals surface area contributed by atoms with Crippen molar-refractivity contribution in [3.05, 3.63) is 23.9 Å². The molecule has 1 amide bonds. The van der Waals surface area contributed by atoms with Crippen molar-refractivity contribution in [2.24, 2.45) is 11.3 Å². The van der Waals surface area contributed by atoms with Gasteiger partial charge in [0.1, 0.15) is 11.5 Å². The molecule has 1 saturated carbocycles. The zero-order valence-corrected chi connectivity index (χ0v) is 21.3. The largest absolute Gasteiger partial charge is 0.433 e. The number of rotatable bonds is 6. The first-order valence-electron chi connectivity index (χ1n) is 13.1. The number of amides is 1. The minimum atomic E-state index is -4.47. The maximum Gasteiger partial charge on any atom is 0.433 e. The van der Waals surface area contributed by atoms with Gasteiger partial charge in [0.25, 0.3) is 0 Å². The predicted molar refractivity (Wildman–Crippen MR) is 129 cm³/mol. The van der Waals surface area contributed by atoms with Crippen LogP contribution in [0.1, 0.15) is 51.6 Å². The number of hydrogen-bond donors (Lipinski definition) is 1. The number of fused-ring (bicyclic) bond motifs is 2. The Bertz CT molecular complexity index is 961. The van der Waals surface area contributed by atoms with Gasteiger partial charge in [-0.15, -0.1) is 0 Å². The van der Waals surface area contributed by atoms with E-state index in [1.165, 1.54) is 6.07 Å². The molecule has 4 aliphatic rings. The first-order chi connectivity index (χ1) is 17.1. The van der Waals surface area contributed by atoms with Crippen molar-refractivity contribution in [1.82, 2.24) is 15.2 Å². The number of anilines is 1. The standard InChI is InChI=1S/C26H37F3N4O3/c1-16(2)25(9-7-17(12-25)30-20-8-10-36-15-21(20)35-3)24(34)33-14-18-11-19(33)13-32(18)23-6-4-5-22(31-23)26(27,28)29/h4-6,16-21,30H,7-15H2,1-3H3/t17-,18-,19+,20+,21-,25+/m1/s1. The number of carbonyl (C=O) groups excluding carboxylic acids is 1. The highest BCUT2D eigenvalue weighted by atomic mass is 19.4. The molecule has 200 valence electrons. The lowest BCUT2D eigenvalue weighted by atomic mass is 9.74. The van der Waals surface area contributed by atoms with Crippen LogP contribution in [-0.4, -0.2) is 79.5 Å². The lowest BCUT2D eigenvalue weighted by molar-refractivity contribution is -0.146. The van der Waals surface area contributed by atoms with Gasteiger partial charge in [0.15, 0.2) is 0 Å². The van der Waals surface area contributed by atoms with Crippen LogP contribution in [0.15, 0.2) is 18.2 Å². The molecule has 3 saturated heterocycles. The molecule has 1 aliphatic carbocycles. The van der Waals surface area contributed by atoms with Crippen LogP contribution in [0, 0.1) is 11.3 Å². The molecule has 0 radical (unpaired) electrons. The first kappa shape index (κ1) is 25.7. The number of hydrogen-bond acceptors (Lipinski definition) is 6. The molecule has 0 spiro atoms. The van der Waals surface area contributed by atoms with Gasteiger partial charge in [-0.1, -0.05) is 19.9 Å². The molecule has 4 fully saturated rings. The van der Waals surface area contributed by atoms with Crippen LogP contribution in [0.5, 0.6) is 0 Å². The number of nitrogens with one attached hydrogen (secondary N) is 1. The number of pyridine rings is 1. The topological polar surface area (TPSA) is 66.9 Å². The van der Waals surface area contributed by atoms with E-state index in [1.807, 2.05) is 9.80 Å². The predicted octanol–water partition coefficient (Wildman–Crippen LogP) is 3.48. The molecular formula is C26H37F3N4O3. The van der Waals surface area contributed by atoms with Gasteiger partial charge >= 0.3 is 6.18 Å². The van der Waals surface area contributed by atoms with Crippen molar-refractivity contribution in [1.29, 1.82) is 0 Å². The van der Waals surface area contributed by atoms with Crippen LogP contribution in [0.4, 0.5) is 19.0 Å². The quantitative estimate of drug-likeness (QED) is 0.632. The Morgan fingerprint density at radius 3 is 2.72 bits per heavy atom. The summed E-state index contributed by atoms with van der Waals surface area (Å²) in [4.78, 5) is 21.9. The molecule has 36 heavy (non-hydrogen) atoms. The van der Waals surface area contributed by atoms with Gasteiger partial charge in [-0.2, -0.15) is 13.2 Å². The Hall–Kier alpha value is -1.91. The fourth-order valence-electron chi connectivity index (χ4n) is 6.84. The zero-order chi connectivity index (χ0) is 25.7. The van der Waals surface area contributed by atoms with E-state index in [2.05, 4.69) is 24.1 Å². The highest BCUT2D eigenvalue weighted by Gasteiger charge is 2.54. The van der Waals surface area contributed by atoms with Gasteiger partial charge < -0.3 is 24.6 Å². The Morgan fingerprint density at radius 2 is 2.06 bits per heavy atom. The summed E-state index contributed by atoms with van der Waals surface area (Å²) in [6.07, 6.45) is -0.196. The van der Waals surface area contributed by atoms with E-state index in [0.29, 0.717) is 32.1 Å². The average Bonchev–Trinajstić information content (AvgIpc) is 3.58. The molecule has 10 heteroatoms. The Labute approximate surface area is 210 Å². The highest BCUT2D eigenvalue weighted by molar-refractivity contribution is 5.84. The highest BCUT2D eigenvalue weighted by Crippen LogP contribution is 2.48. The van der Waals surface area contributed by atoms with Gasteiger partial charge in [0.2, 0.25) is 5.91 Å². The average molecular weight is 511 g/mol. The second kappa shape index (κ2) is 9.76. The fourth-order valence-corrected chi connectivity index (χ4v) is 6.84. The molecular weight excluding hydrogens is 473 g/mol. The van der Waals surface area contributed by atoms with Crippen molar-refractivity contribution < 1.29 is 27.4 Å². The third-order valence-corrected chi connectivity index (χ3v) is 8.96. The maximum atomic E-state index is 14.1. The van der Waals surface area contributed by atoms with Crippen LogP contribution in [0.2, 0.25) is 0 Å². The second-order valence-corrected chi connectivity index (χ2v) is 11.2. The number of methoxy groups -OCH3 is 1. The van der Waals surface area contributed by atoms with E-state index < -0.39 is 17.3 Å². The van der Waals surface area contributed by atoms with Crippen LogP contribution in [0.25, 0.3) is 0 Å². The third kappa shape index (κ3) is 4.60. The smallest absolute Gasteiger partial charge is 0.379 e. The molecule has 0 unspecified atom stereocenters. The van der Waals surface area contributed by atoms with Crippen LogP contribution in [-0.2, 0) is 20.4 Å². The van der Waals surface area contributed by atoms with Gasteiger partial charge in [-0.3, -0.25) is 4.79 Å². The molecule has 2 bridgehead atoms. The number of nitrogens with zero attached hydrogens (tertiary/aromatic N) is 3. The fraction of sp³-hybridized carbons (Fsp3) is 0.769. The van der Waals surface area contributed by atoms with Gasteiger partial charge in [0, 0.05) is 38.9 Å². The van der Waals surface area contributed by atoms with Gasteiger partial charge in [-0.25, -0.2) is 4.98 Å². The summed E-state index contributed by atoms with van der Waals surface area (Å²) in [5.41, 5.74) is -1.30. The van der Waals surface area contributed by atoms with E-state index in [1.54, 1.807) is 13.2 Å². The first-order valence-corrected chi connectivity index (χ1v) is 13.1. The molecule has 7 nitrogen and oxygen atoms in total. The number of piperazine rings is 1. The summed E-state index contributed by atoms with van der Waals surface area (Å²) in [5.74, 6) is 0.753. The van der Waals surface area contributed by atoms with Crippen LogP contribution in [0.3, 0.4) is 0 Å². The number of halogens is 3. The van der Waals surface area contributed by atoms with Crippen LogP contribution >= 0.6 is 0 Å². The summed E-state index contributed by atoms with van der Waals surface area (Å²) in [7, 11) is 1.71. The van der Waals surface area contributed by atoms with Gasteiger partial charge in [-0.05, 0) is 50.2 Å². The van der Waals surface area contributed by atoms with Crippen molar-refractivity contribution in [2.75, 3.05) is 38.3 Å². The number of alkyl halides is 3. The normalized spacial score (nSPS) is 34.7. The monoisotopic (exact) mass is 510 g/mol. The summed E-state index contributed by atoms with van der Waals surface area (Å²) in [6.45, 7) is 6.65. The number of likely N-dealkylation sites (tertiary alicyclic amines) is 1. The van der Waals surface area contributed by atoms with Crippen molar-refractivity contribution >= 4 is 11.7 Å². The van der Waals surface area contributed by atoms with E-state index in [9.17, 15) is 18.0 Å². The lowest BCUT2D eigenvalue weighted by Crippen LogP contribution is -2.55. The van der Waals surface area contributed by atoms with E-state index in [4.69, 9.17) is 9.47 Å². The molecule has 6 atom stereocenters. The lowest BCUT2D eigenvalue weighted by Gasteiger charge is -2.42. The molecule has 1 aromatic rings. The summed E-state index contributed by atoms with van der Waals surface area (Å²) < 4.78 is 50.7. The minimum Gasteiger partial charge on any atom is -0.379 e. The summed E-state index contributed by atoms with van der Waals surface area (Å²) in [5, 5.41) is 3.77. The number of carbonyl (C=O) groups is 1. The summed E-state index contributed by atoms with van der Waals surface area (Å²) in [6, 6.07) is 4.53. The molecule has 0 aromatic carbocycles. The van der Waals surface area contributed by atoms with Crippen molar-refractivity contribution in [2.45, 2.75) is 82.4 Å². The molecule has 5 rings (SSSR count). The Balaban J connectivity index is 1.26. The SMILES string of the molecule is CO[C@@H]1COCC[C@@H]1N[C@@H]1CC[C@@](C(=O)N2C[C@H]3C[C@H]2CN3c2cccc(C(F)(F)F)n2)(C(C)C)C1. The third-order valence-electron chi connectivity index (χ3n) is 8.96. The van der Waals surface area contributed by atoms with E-state index in [-0.39, 0.29) is 42.1 Å². The van der Waals surface area contributed by atoms with Crippen molar-refractivity contribution in [3.8, 4) is 0 Å². The number of ether oxygens (including phenoxy) is 2. The van der Waals surface area contributed by atoms with Crippen molar-refractivity contribution in [3.63, 3.8) is 0 Å². The van der Waals surface area contributed by atoms with Gasteiger partial charge in [0.05, 0.1) is 30.2 Å². The number of aromatic nitrogens is 1. The summed E-state index contributed by atoms with van der Waals surface area (Å²) >= 11 is 0. The van der Waals surface area contributed by atoms with Crippen LogP contribution < -0.4 is 10.2 Å². The Kier molecular flexibility index (Phi) is 6.97. The molecule has 4 heterocycles. The molecule has 3 aliphatic heterocycles. The minimum absolute atomic E-state index is 0.000768. The molecule has 1 N–H and O–H groups in total. The molecule has 1 aromatic heterocycles. The van der Waals surface area contributed by atoms with E-state index in [0.717, 1.165) is 38.2 Å². The maximum absolute atomic E-state index is 14.1. The second-order valence-electron chi connectivity index (χ2n) is 11.2. The van der Waals surface area contributed by atoms with E-state index >= 15 is 0 Å². The zero-order valence-electron chi connectivity index (χ0n) is 21.3. The Morgan fingerprint density at radius 1 is 1.25 bits per heavy atom.